The Hall–Kier alpha value is -0.980. The molecule has 2 atom stereocenters. The van der Waals surface area contributed by atoms with E-state index in [1.54, 1.807) is 6.92 Å². The minimum Gasteiger partial charge on any atom is -0.465 e. The molecule has 0 saturated carbocycles. The molecule has 1 fully saturated rings. The third kappa shape index (κ3) is 2.28. The van der Waals surface area contributed by atoms with Gasteiger partial charge in [-0.2, -0.15) is 13.2 Å². The molecule has 1 aliphatic rings. The second kappa shape index (κ2) is 3.64. The van der Waals surface area contributed by atoms with Crippen LogP contribution < -0.4 is 5.32 Å². The largest absolute Gasteiger partial charge is 0.465 e. The molecule has 14 heavy (non-hydrogen) atoms. The average Bonchev–Trinajstić information content (AvgIpc) is 2.02. The lowest BCUT2D eigenvalue weighted by atomic mass is 10.1. The second-order valence-electron chi connectivity index (χ2n) is 3.29. The summed E-state index contributed by atoms with van der Waals surface area (Å²) in [6, 6.07) is -2.18. The van der Waals surface area contributed by atoms with Gasteiger partial charge in [0, 0.05) is 19.1 Å². The van der Waals surface area contributed by atoms with Crippen molar-refractivity contribution in [3.8, 4) is 0 Å². The zero-order valence-electron chi connectivity index (χ0n) is 7.51. The number of halogens is 3. The minimum atomic E-state index is -4.40. The van der Waals surface area contributed by atoms with E-state index >= 15 is 0 Å². The highest BCUT2D eigenvalue weighted by molar-refractivity contribution is 5.65. The Balaban J connectivity index is 2.67. The smallest absolute Gasteiger partial charge is 0.407 e. The van der Waals surface area contributed by atoms with Crippen LogP contribution in [0, 0.1) is 0 Å². The van der Waals surface area contributed by atoms with Crippen molar-refractivity contribution >= 4 is 6.09 Å². The first-order chi connectivity index (χ1) is 6.32. The normalized spacial score (nSPS) is 29.0. The van der Waals surface area contributed by atoms with Gasteiger partial charge in [0.05, 0.1) is 0 Å². The molecule has 1 rings (SSSR count). The molecule has 4 nitrogen and oxygen atoms in total. The van der Waals surface area contributed by atoms with Crippen LogP contribution in [0.25, 0.3) is 0 Å². The van der Waals surface area contributed by atoms with E-state index in [0.717, 1.165) is 4.90 Å². The standard InChI is InChI=1S/C7H11F3N2O2/c1-4-2-11-5(7(8,9)10)3-12(4)6(13)14/h4-5,11H,2-3H2,1H3,(H,13,14). The number of carboxylic acid groups (broad SMARTS) is 1. The maximum Gasteiger partial charge on any atom is 0.407 e. The Morgan fingerprint density at radius 1 is 1.57 bits per heavy atom. The number of hydrogen-bond donors (Lipinski definition) is 2. The van der Waals surface area contributed by atoms with Crippen LogP contribution in [0.1, 0.15) is 6.92 Å². The van der Waals surface area contributed by atoms with Crippen molar-refractivity contribution in [2.24, 2.45) is 0 Å². The summed E-state index contributed by atoms with van der Waals surface area (Å²) in [6.07, 6.45) is -5.71. The first kappa shape index (κ1) is 11.1. The Bertz CT molecular complexity index is 231. The maximum atomic E-state index is 12.2. The molecule has 1 amide bonds. The quantitative estimate of drug-likeness (QED) is 0.627. The van der Waals surface area contributed by atoms with Crippen molar-refractivity contribution < 1.29 is 23.1 Å². The molecule has 0 aromatic carbocycles. The Morgan fingerprint density at radius 2 is 2.14 bits per heavy atom. The summed E-state index contributed by atoms with van der Waals surface area (Å²) in [5.74, 6) is 0. The molecule has 1 saturated heterocycles. The van der Waals surface area contributed by atoms with Gasteiger partial charge >= 0.3 is 12.3 Å². The van der Waals surface area contributed by atoms with E-state index in [-0.39, 0.29) is 6.54 Å². The van der Waals surface area contributed by atoms with Crippen molar-refractivity contribution in [3.63, 3.8) is 0 Å². The molecule has 0 bridgehead atoms. The molecule has 2 unspecified atom stereocenters. The molecule has 1 aliphatic heterocycles. The van der Waals surface area contributed by atoms with Gasteiger partial charge in [-0.05, 0) is 6.92 Å². The van der Waals surface area contributed by atoms with Crippen LogP contribution in [0.5, 0.6) is 0 Å². The van der Waals surface area contributed by atoms with Gasteiger partial charge in [-0.15, -0.1) is 0 Å². The molecule has 0 spiro atoms. The van der Waals surface area contributed by atoms with Crippen molar-refractivity contribution in [2.75, 3.05) is 13.1 Å². The van der Waals surface area contributed by atoms with E-state index in [1.807, 2.05) is 0 Å². The fourth-order valence-electron chi connectivity index (χ4n) is 1.35. The van der Waals surface area contributed by atoms with E-state index < -0.39 is 30.9 Å². The Morgan fingerprint density at radius 3 is 2.57 bits per heavy atom. The number of rotatable bonds is 0. The molecule has 0 aliphatic carbocycles. The van der Waals surface area contributed by atoms with E-state index in [1.165, 1.54) is 0 Å². The number of piperazine rings is 1. The SMILES string of the molecule is CC1CNC(C(F)(F)F)CN1C(=O)O. The third-order valence-corrected chi connectivity index (χ3v) is 2.21. The van der Waals surface area contributed by atoms with Gasteiger partial charge in [0.15, 0.2) is 0 Å². The lowest BCUT2D eigenvalue weighted by Crippen LogP contribution is -2.61. The van der Waals surface area contributed by atoms with Gasteiger partial charge in [-0.25, -0.2) is 4.79 Å². The summed E-state index contributed by atoms with van der Waals surface area (Å²) in [6.45, 7) is 1.05. The molecule has 2 N–H and O–H groups in total. The molecular weight excluding hydrogens is 201 g/mol. The summed E-state index contributed by atoms with van der Waals surface area (Å²) in [5.41, 5.74) is 0. The van der Waals surface area contributed by atoms with E-state index in [9.17, 15) is 18.0 Å². The Labute approximate surface area is 78.7 Å². The van der Waals surface area contributed by atoms with E-state index in [4.69, 9.17) is 5.11 Å². The summed E-state index contributed by atoms with van der Waals surface area (Å²) in [5, 5.41) is 10.9. The summed E-state index contributed by atoms with van der Waals surface area (Å²) >= 11 is 0. The lowest BCUT2D eigenvalue weighted by molar-refractivity contribution is -0.165. The van der Waals surface area contributed by atoms with Crippen molar-refractivity contribution in [1.29, 1.82) is 0 Å². The van der Waals surface area contributed by atoms with Gasteiger partial charge in [-0.1, -0.05) is 0 Å². The van der Waals surface area contributed by atoms with E-state index in [0.29, 0.717) is 0 Å². The average molecular weight is 212 g/mol. The molecule has 0 aromatic heterocycles. The van der Waals surface area contributed by atoms with Gasteiger partial charge < -0.3 is 15.3 Å². The molecule has 0 radical (unpaired) electrons. The lowest BCUT2D eigenvalue weighted by Gasteiger charge is -2.37. The van der Waals surface area contributed by atoms with Crippen LogP contribution in [0.2, 0.25) is 0 Å². The Kier molecular flexibility index (Phi) is 2.89. The topological polar surface area (TPSA) is 52.6 Å². The first-order valence-corrected chi connectivity index (χ1v) is 4.12. The third-order valence-electron chi connectivity index (χ3n) is 2.21. The monoisotopic (exact) mass is 212 g/mol. The van der Waals surface area contributed by atoms with Crippen molar-refractivity contribution in [2.45, 2.75) is 25.2 Å². The number of nitrogens with zero attached hydrogens (tertiary/aromatic N) is 1. The predicted molar refractivity (Wildman–Crippen MR) is 42.0 cm³/mol. The van der Waals surface area contributed by atoms with Crippen LogP contribution in [0.4, 0.5) is 18.0 Å². The van der Waals surface area contributed by atoms with Crippen molar-refractivity contribution in [3.05, 3.63) is 0 Å². The summed E-state index contributed by atoms with van der Waals surface area (Å²) in [7, 11) is 0. The second-order valence-corrected chi connectivity index (χ2v) is 3.29. The van der Waals surface area contributed by atoms with Crippen LogP contribution in [-0.4, -0.2) is 47.4 Å². The van der Waals surface area contributed by atoms with Crippen LogP contribution in [0.15, 0.2) is 0 Å². The van der Waals surface area contributed by atoms with Crippen molar-refractivity contribution in [1.82, 2.24) is 10.2 Å². The zero-order valence-corrected chi connectivity index (χ0v) is 7.51. The summed E-state index contributed by atoms with van der Waals surface area (Å²) < 4.78 is 36.7. The van der Waals surface area contributed by atoms with E-state index in [2.05, 4.69) is 5.32 Å². The number of hydrogen-bond acceptors (Lipinski definition) is 2. The molecule has 0 aromatic rings. The van der Waals surface area contributed by atoms with Gasteiger partial charge in [0.1, 0.15) is 6.04 Å². The number of amides is 1. The summed E-state index contributed by atoms with van der Waals surface area (Å²) in [4.78, 5) is 11.4. The highest BCUT2D eigenvalue weighted by Crippen LogP contribution is 2.23. The van der Waals surface area contributed by atoms with Crippen LogP contribution in [0.3, 0.4) is 0 Å². The zero-order chi connectivity index (χ0) is 10.9. The van der Waals surface area contributed by atoms with Gasteiger partial charge in [-0.3, -0.25) is 0 Å². The molecule has 1 heterocycles. The minimum absolute atomic E-state index is 0.0243. The van der Waals surface area contributed by atoms with Gasteiger partial charge in [0.25, 0.3) is 0 Å². The first-order valence-electron chi connectivity index (χ1n) is 4.12. The highest BCUT2D eigenvalue weighted by atomic mass is 19.4. The molecule has 82 valence electrons. The maximum absolute atomic E-state index is 12.2. The predicted octanol–water partition coefficient (Wildman–Crippen LogP) is 0.889. The fourth-order valence-corrected chi connectivity index (χ4v) is 1.35. The number of carbonyl (C=O) groups is 1. The van der Waals surface area contributed by atoms with Crippen LogP contribution >= 0.6 is 0 Å². The fraction of sp³-hybridized carbons (Fsp3) is 0.857. The molecular formula is C7H11F3N2O2. The number of alkyl halides is 3. The van der Waals surface area contributed by atoms with Gasteiger partial charge in [0.2, 0.25) is 0 Å². The van der Waals surface area contributed by atoms with Crippen LogP contribution in [-0.2, 0) is 0 Å². The molecule has 7 heteroatoms. The number of nitrogens with one attached hydrogen (secondary N) is 1. The highest BCUT2D eigenvalue weighted by Gasteiger charge is 2.44.